The Kier molecular flexibility index (Phi) is 4.67. The summed E-state index contributed by atoms with van der Waals surface area (Å²) in [6.07, 6.45) is 4.18. The first-order valence-corrected chi connectivity index (χ1v) is 9.26. The molecule has 1 aliphatic heterocycles. The first-order chi connectivity index (χ1) is 12.6. The van der Waals surface area contributed by atoms with Crippen LogP contribution in [0.2, 0.25) is 0 Å². The number of rotatable bonds is 5. The van der Waals surface area contributed by atoms with Gasteiger partial charge >= 0.3 is 0 Å². The molecular weight excluding hydrogens is 332 g/mol. The molecular formula is C19H26N4O3. The van der Waals surface area contributed by atoms with Crippen molar-refractivity contribution in [3.63, 3.8) is 0 Å². The molecule has 0 aromatic carbocycles. The minimum absolute atomic E-state index is 0.0103. The van der Waals surface area contributed by atoms with Crippen molar-refractivity contribution < 1.29 is 14.0 Å². The Labute approximate surface area is 153 Å². The van der Waals surface area contributed by atoms with E-state index in [0.29, 0.717) is 25.0 Å². The molecule has 26 heavy (non-hydrogen) atoms. The van der Waals surface area contributed by atoms with Gasteiger partial charge in [0.15, 0.2) is 5.82 Å². The van der Waals surface area contributed by atoms with Gasteiger partial charge in [-0.25, -0.2) is 0 Å². The largest absolute Gasteiger partial charge is 0.496 e. The molecule has 2 aromatic rings. The predicted octanol–water partition coefficient (Wildman–Crippen LogP) is 2.93. The average molecular weight is 358 g/mol. The van der Waals surface area contributed by atoms with Crippen molar-refractivity contribution in [3.8, 4) is 5.75 Å². The normalized spacial score (nSPS) is 24.0. The number of morpholine rings is 1. The summed E-state index contributed by atoms with van der Waals surface area (Å²) in [5.74, 6) is 2.87. The van der Waals surface area contributed by atoms with Crippen molar-refractivity contribution in [2.75, 3.05) is 20.3 Å². The van der Waals surface area contributed by atoms with Gasteiger partial charge in [-0.15, -0.1) is 0 Å². The number of ether oxygens (including phenoxy) is 2. The molecule has 0 spiro atoms. The molecule has 0 amide bonds. The summed E-state index contributed by atoms with van der Waals surface area (Å²) in [5, 5.41) is 4.18. The fraction of sp³-hybridized carbons (Fsp3) is 0.632. The number of methoxy groups -OCH3 is 1. The van der Waals surface area contributed by atoms with Crippen LogP contribution in [-0.2, 0) is 11.3 Å². The zero-order valence-corrected chi connectivity index (χ0v) is 15.9. The molecule has 7 nitrogen and oxygen atoms in total. The van der Waals surface area contributed by atoms with Gasteiger partial charge in [0.25, 0.3) is 0 Å². The van der Waals surface area contributed by atoms with Crippen molar-refractivity contribution in [1.29, 1.82) is 0 Å². The molecule has 0 bridgehead atoms. The van der Waals surface area contributed by atoms with Gasteiger partial charge < -0.3 is 14.0 Å². The Morgan fingerprint density at radius 2 is 2.12 bits per heavy atom. The highest BCUT2D eigenvalue weighted by Crippen LogP contribution is 2.39. The lowest BCUT2D eigenvalue weighted by Crippen LogP contribution is -2.44. The topological polar surface area (TPSA) is 73.5 Å². The first-order valence-electron chi connectivity index (χ1n) is 9.26. The fourth-order valence-electron chi connectivity index (χ4n) is 3.71. The molecule has 2 aliphatic rings. The Morgan fingerprint density at radius 3 is 2.85 bits per heavy atom. The number of aryl methyl sites for hydroxylation is 1. The minimum atomic E-state index is -0.0581. The summed E-state index contributed by atoms with van der Waals surface area (Å²) in [5.41, 5.74) is 3.13. The van der Waals surface area contributed by atoms with Crippen molar-refractivity contribution in [1.82, 2.24) is 20.0 Å². The Hall–Kier alpha value is -1.99. The second-order valence-electron chi connectivity index (χ2n) is 7.30. The Balaban J connectivity index is 1.60. The van der Waals surface area contributed by atoms with E-state index in [2.05, 4.69) is 33.9 Å². The van der Waals surface area contributed by atoms with E-state index in [1.807, 2.05) is 13.1 Å². The van der Waals surface area contributed by atoms with Crippen molar-refractivity contribution in [3.05, 3.63) is 34.7 Å². The molecule has 0 radical (unpaired) electrons. The van der Waals surface area contributed by atoms with E-state index >= 15 is 0 Å². The summed E-state index contributed by atoms with van der Waals surface area (Å²) in [6, 6.07) is -0.0581. The second kappa shape index (κ2) is 6.96. The van der Waals surface area contributed by atoms with E-state index in [1.54, 1.807) is 7.11 Å². The highest BCUT2D eigenvalue weighted by atomic mass is 16.5. The molecule has 140 valence electrons. The monoisotopic (exact) mass is 358 g/mol. The van der Waals surface area contributed by atoms with Gasteiger partial charge in [0.05, 0.1) is 25.5 Å². The zero-order chi connectivity index (χ0) is 18.3. The summed E-state index contributed by atoms with van der Waals surface area (Å²) >= 11 is 0. The third-order valence-corrected chi connectivity index (χ3v) is 5.35. The SMILES string of the molecule is COc1c(C)cnc(CN2CCO[C@H](C)[C@H]2c2nc(C3CC3)no2)c1C. The van der Waals surface area contributed by atoms with Crippen LogP contribution < -0.4 is 4.74 Å². The maximum absolute atomic E-state index is 5.88. The maximum atomic E-state index is 5.88. The third-order valence-electron chi connectivity index (χ3n) is 5.35. The molecule has 0 N–H and O–H groups in total. The van der Waals surface area contributed by atoms with Crippen LogP contribution in [0, 0.1) is 13.8 Å². The van der Waals surface area contributed by atoms with Gasteiger partial charge in [-0.3, -0.25) is 9.88 Å². The molecule has 1 saturated carbocycles. The molecule has 1 saturated heterocycles. The van der Waals surface area contributed by atoms with Gasteiger partial charge in [0.1, 0.15) is 11.8 Å². The summed E-state index contributed by atoms with van der Waals surface area (Å²) < 4.78 is 17.0. The fourth-order valence-corrected chi connectivity index (χ4v) is 3.71. The van der Waals surface area contributed by atoms with Gasteiger partial charge in [-0.1, -0.05) is 5.16 Å². The number of nitrogens with zero attached hydrogens (tertiary/aromatic N) is 4. The highest BCUT2D eigenvalue weighted by Gasteiger charge is 2.37. The second-order valence-corrected chi connectivity index (χ2v) is 7.30. The highest BCUT2D eigenvalue weighted by molar-refractivity contribution is 5.41. The van der Waals surface area contributed by atoms with Gasteiger partial charge in [0, 0.05) is 36.3 Å². The van der Waals surface area contributed by atoms with E-state index in [-0.39, 0.29) is 12.1 Å². The third kappa shape index (κ3) is 3.21. The molecule has 4 rings (SSSR count). The van der Waals surface area contributed by atoms with E-state index in [0.717, 1.165) is 47.8 Å². The van der Waals surface area contributed by atoms with E-state index < -0.39 is 0 Å². The van der Waals surface area contributed by atoms with Gasteiger partial charge in [-0.2, -0.15) is 4.98 Å². The summed E-state index contributed by atoms with van der Waals surface area (Å²) in [6.45, 7) is 8.32. The Morgan fingerprint density at radius 1 is 1.31 bits per heavy atom. The van der Waals surface area contributed by atoms with Gasteiger partial charge in [0.2, 0.25) is 5.89 Å². The minimum Gasteiger partial charge on any atom is -0.496 e. The van der Waals surface area contributed by atoms with Crippen LogP contribution in [0.25, 0.3) is 0 Å². The molecule has 1 aliphatic carbocycles. The predicted molar refractivity (Wildman–Crippen MR) is 95.1 cm³/mol. The molecule has 2 fully saturated rings. The van der Waals surface area contributed by atoms with Crippen LogP contribution in [0.5, 0.6) is 5.75 Å². The van der Waals surface area contributed by atoms with E-state index in [1.165, 1.54) is 0 Å². The molecule has 2 aromatic heterocycles. The van der Waals surface area contributed by atoms with E-state index in [9.17, 15) is 0 Å². The van der Waals surface area contributed by atoms with Crippen LogP contribution in [0.4, 0.5) is 0 Å². The number of aromatic nitrogens is 3. The summed E-state index contributed by atoms with van der Waals surface area (Å²) in [4.78, 5) is 11.6. The van der Waals surface area contributed by atoms with Crippen LogP contribution in [-0.4, -0.2) is 46.4 Å². The molecule has 7 heteroatoms. The first kappa shape index (κ1) is 17.4. The van der Waals surface area contributed by atoms with Crippen LogP contribution in [0.3, 0.4) is 0 Å². The molecule has 2 atom stereocenters. The average Bonchev–Trinajstić information content (AvgIpc) is 3.36. The number of hydrogen-bond acceptors (Lipinski definition) is 7. The van der Waals surface area contributed by atoms with Crippen LogP contribution >= 0.6 is 0 Å². The van der Waals surface area contributed by atoms with Crippen molar-refractivity contribution >= 4 is 0 Å². The lowest BCUT2D eigenvalue weighted by molar-refractivity contribution is -0.0767. The maximum Gasteiger partial charge on any atom is 0.246 e. The van der Waals surface area contributed by atoms with Crippen molar-refractivity contribution in [2.24, 2.45) is 0 Å². The van der Waals surface area contributed by atoms with E-state index in [4.69, 9.17) is 14.0 Å². The lowest BCUT2D eigenvalue weighted by Gasteiger charge is -2.37. The molecule has 3 heterocycles. The molecule has 0 unspecified atom stereocenters. The zero-order valence-electron chi connectivity index (χ0n) is 15.9. The van der Waals surface area contributed by atoms with Crippen LogP contribution in [0.1, 0.15) is 60.3 Å². The quantitative estimate of drug-likeness (QED) is 0.813. The standard InChI is InChI=1S/C19H26N4O3/c1-11-9-20-15(12(2)17(11)24-4)10-23-7-8-25-13(3)16(23)19-21-18(22-26-19)14-5-6-14/h9,13-14,16H,5-8,10H2,1-4H3/t13-,16+/m1/s1. The summed E-state index contributed by atoms with van der Waals surface area (Å²) in [7, 11) is 1.70. The smallest absolute Gasteiger partial charge is 0.246 e. The van der Waals surface area contributed by atoms with Crippen LogP contribution in [0.15, 0.2) is 10.7 Å². The van der Waals surface area contributed by atoms with Crippen molar-refractivity contribution in [2.45, 2.75) is 58.2 Å². The number of hydrogen-bond donors (Lipinski definition) is 0. The Bertz CT molecular complexity index is 787. The number of pyridine rings is 1. The van der Waals surface area contributed by atoms with Gasteiger partial charge in [-0.05, 0) is 33.6 Å². The lowest BCUT2D eigenvalue weighted by atomic mass is 10.1.